The molecule has 4 nitrogen and oxygen atoms in total. The van der Waals surface area contributed by atoms with Crippen LogP contribution in [0.2, 0.25) is 0 Å². The summed E-state index contributed by atoms with van der Waals surface area (Å²) in [5, 5.41) is 3.39. The molecule has 1 aromatic rings. The van der Waals surface area contributed by atoms with Crippen molar-refractivity contribution in [3.63, 3.8) is 0 Å². The van der Waals surface area contributed by atoms with E-state index in [1.165, 1.54) is 12.1 Å². The highest BCUT2D eigenvalue weighted by atomic mass is 16.5. The molecule has 1 saturated heterocycles. The van der Waals surface area contributed by atoms with Crippen molar-refractivity contribution in [3.05, 3.63) is 18.2 Å². The van der Waals surface area contributed by atoms with Gasteiger partial charge < -0.3 is 14.6 Å². The third-order valence-electron chi connectivity index (χ3n) is 3.13. The van der Waals surface area contributed by atoms with Crippen LogP contribution in [0.4, 0.5) is 0 Å². The van der Waals surface area contributed by atoms with Crippen LogP contribution in [0.15, 0.2) is 12.5 Å². The smallest absolute Gasteiger partial charge is 0.0949 e. The van der Waals surface area contributed by atoms with Gasteiger partial charge in [0.05, 0.1) is 12.4 Å². The average Bonchev–Trinajstić information content (AvgIpc) is 2.86. The Morgan fingerprint density at radius 2 is 2.56 bits per heavy atom. The quantitative estimate of drug-likeness (QED) is 0.819. The maximum atomic E-state index is 5.57. The molecule has 16 heavy (non-hydrogen) atoms. The van der Waals surface area contributed by atoms with E-state index in [2.05, 4.69) is 21.8 Å². The van der Waals surface area contributed by atoms with Gasteiger partial charge in [0.2, 0.25) is 0 Å². The maximum absolute atomic E-state index is 5.57. The number of hydrogen-bond donors (Lipinski definition) is 1. The summed E-state index contributed by atoms with van der Waals surface area (Å²) in [7, 11) is 0. The summed E-state index contributed by atoms with van der Waals surface area (Å²) < 4.78 is 7.80. The lowest BCUT2D eigenvalue weighted by atomic mass is 10.1. The first-order valence-electron chi connectivity index (χ1n) is 6.13. The summed E-state index contributed by atoms with van der Waals surface area (Å²) in [6, 6.07) is 0. The first kappa shape index (κ1) is 11.6. The summed E-state index contributed by atoms with van der Waals surface area (Å²) in [5.41, 5.74) is 1.34. The van der Waals surface area contributed by atoms with E-state index >= 15 is 0 Å². The number of rotatable bonds is 5. The number of hydrogen-bond acceptors (Lipinski definition) is 3. The van der Waals surface area contributed by atoms with Crippen LogP contribution in [0.25, 0.3) is 0 Å². The van der Waals surface area contributed by atoms with Crippen LogP contribution in [-0.2, 0) is 11.3 Å². The van der Waals surface area contributed by atoms with Gasteiger partial charge in [-0.2, -0.15) is 0 Å². The topological polar surface area (TPSA) is 39.1 Å². The molecular formula is C12H21N3O. The average molecular weight is 223 g/mol. The molecule has 90 valence electrons. The van der Waals surface area contributed by atoms with Crippen molar-refractivity contribution in [2.45, 2.75) is 38.8 Å². The van der Waals surface area contributed by atoms with Gasteiger partial charge in [-0.25, -0.2) is 4.98 Å². The molecule has 1 aliphatic rings. The van der Waals surface area contributed by atoms with Gasteiger partial charge in [-0.3, -0.25) is 0 Å². The van der Waals surface area contributed by atoms with Crippen LogP contribution in [0.1, 0.15) is 31.9 Å². The van der Waals surface area contributed by atoms with E-state index in [-0.39, 0.29) is 6.10 Å². The molecule has 1 aliphatic heterocycles. The largest absolute Gasteiger partial charge is 0.377 e. The Balaban J connectivity index is 2.00. The van der Waals surface area contributed by atoms with Crippen LogP contribution >= 0.6 is 0 Å². The van der Waals surface area contributed by atoms with Crippen molar-refractivity contribution < 1.29 is 4.74 Å². The molecule has 2 unspecified atom stereocenters. The van der Waals surface area contributed by atoms with E-state index in [1.54, 1.807) is 0 Å². The lowest BCUT2D eigenvalue weighted by Gasteiger charge is -2.17. The zero-order chi connectivity index (χ0) is 11.4. The van der Waals surface area contributed by atoms with E-state index in [9.17, 15) is 0 Å². The van der Waals surface area contributed by atoms with Crippen LogP contribution in [0.5, 0.6) is 0 Å². The maximum Gasteiger partial charge on any atom is 0.0949 e. The first-order valence-corrected chi connectivity index (χ1v) is 6.13. The molecule has 2 atom stereocenters. The fourth-order valence-corrected chi connectivity index (χ4v) is 2.34. The monoisotopic (exact) mass is 223 g/mol. The predicted molar refractivity (Wildman–Crippen MR) is 63.5 cm³/mol. The SMILES string of the molecule is CCOC(C)Cn1cncc1C1CCNC1. The van der Waals surface area contributed by atoms with Gasteiger partial charge in [-0.1, -0.05) is 0 Å². The Hall–Kier alpha value is -0.870. The minimum absolute atomic E-state index is 0.257. The highest BCUT2D eigenvalue weighted by Gasteiger charge is 2.20. The highest BCUT2D eigenvalue weighted by molar-refractivity contribution is 5.09. The Bertz CT molecular complexity index is 318. The third-order valence-corrected chi connectivity index (χ3v) is 3.13. The molecule has 1 fully saturated rings. The molecule has 4 heteroatoms. The van der Waals surface area contributed by atoms with Gasteiger partial charge in [0.25, 0.3) is 0 Å². The van der Waals surface area contributed by atoms with E-state index in [4.69, 9.17) is 4.74 Å². The van der Waals surface area contributed by atoms with Gasteiger partial charge in [-0.15, -0.1) is 0 Å². The second kappa shape index (κ2) is 5.46. The number of imidazole rings is 1. The van der Waals surface area contributed by atoms with Crippen LogP contribution in [0, 0.1) is 0 Å². The second-order valence-electron chi connectivity index (χ2n) is 4.43. The van der Waals surface area contributed by atoms with Crippen LogP contribution in [-0.4, -0.2) is 35.4 Å². The minimum atomic E-state index is 0.257. The zero-order valence-corrected chi connectivity index (χ0v) is 10.1. The number of ether oxygens (including phenoxy) is 1. The Morgan fingerprint density at radius 3 is 3.25 bits per heavy atom. The van der Waals surface area contributed by atoms with Crippen molar-refractivity contribution in [2.75, 3.05) is 19.7 Å². The van der Waals surface area contributed by atoms with Crippen molar-refractivity contribution in [1.82, 2.24) is 14.9 Å². The van der Waals surface area contributed by atoms with Crippen molar-refractivity contribution in [2.24, 2.45) is 0 Å². The van der Waals surface area contributed by atoms with Gasteiger partial charge in [0.1, 0.15) is 0 Å². The summed E-state index contributed by atoms with van der Waals surface area (Å²) in [6.07, 6.45) is 5.39. The van der Waals surface area contributed by atoms with E-state index in [0.717, 1.165) is 26.2 Å². The zero-order valence-electron chi connectivity index (χ0n) is 10.1. The lowest BCUT2D eigenvalue weighted by Crippen LogP contribution is -2.19. The molecule has 1 aromatic heterocycles. The number of nitrogens with one attached hydrogen (secondary N) is 1. The van der Waals surface area contributed by atoms with Gasteiger partial charge in [0.15, 0.2) is 0 Å². The second-order valence-corrected chi connectivity index (χ2v) is 4.43. The van der Waals surface area contributed by atoms with Crippen molar-refractivity contribution in [3.8, 4) is 0 Å². The Kier molecular flexibility index (Phi) is 3.96. The van der Waals surface area contributed by atoms with E-state index < -0.39 is 0 Å². The van der Waals surface area contributed by atoms with Crippen LogP contribution in [0.3, 0.4) is 0 Å². The molecular weight excluding hydrogens is 202 g/mol. The summed E-state index contributed by atoms with van der Waals surface area (Å²) in [5.74, 6) is 0.622. The summed E-state index contributed by atoms with van der Waals surface area (Å²) in [4.78, 5) is 4.26. The molecule has 0 radical (unpaired) electrons. The van der Waals surface area contributed by atoms with Crippen molar-refractivity contribution >= 4 is 0 Å². The fraction of sp³-hybridized carbons (Fsp3) is 0.750. The first-order chi connectivity index (χ1) is 7.81. The number of nitrogens with zero attached hydrogens (tertiary/aromatic N) is 2. The summed E-state index contributed by atoms with van der Waals surface area (Å²) >= 11 is 0. The predicted octanol–water partition coefficient (Wildman–Crippen LogP) is 1.39. The van der Waals surface area contributed by atoms with E-state index in [1.807, 2.05) is 19.4 Å². The lowest BCUT2D eigenvalue weighted by molar-refractivity contribution is 0.0633. The molecule has 2 heterocycles. The minimum Gasteiger partial charge on any atom is -0.377 e. The summed E-state index contributed by atoms with van der Waals surface area (Å²) in [6.45, 7) is 8.02. The Labute approximate surface area is 97.0 Å². The molecule has 0 spiro atoms. The standard InChI is InChI=1S/C12H21N3O/c1-3-16-10(2)8-15-9-14-7-12(15)11-4-5-13-6-11/h7,9-11,13H,3-6,8H2,1-2H3. The van der Waals surface area contributed by atoms with Gasteiger partial charge in [-0.05, 0) is 26.8 Å². The molecule has 0 bridgehead atoms. The molecule has 1 N–H and O–H groups in total. The fourth-order valence-electron chi connectivity index (χ4n) is 2.34. The van der Waals surface area contributed by atoms with Gasteiger partial charge >= 0.3 is 0 Å². The normalized spacial score (nSPS) is 22.5. The molecule has 0 amide bonds. The van der Waals surface area contributed by atoms with Crippen LogP contribution < -0.4 is 5.32 Å². The number of aromatic nitrogens is 2. The van der Waals surface area contributed by atoms with Gasteiger partial charge in [0, 0.05) is 37.5 Å². The highest BCUT2D eigenvalue weighted by Crippen LogP contribution is 2.22. The van der Waals surface area contributed by atoms with E-state index in [0.29, 0.717) is 5.92 Å². The molecule has 0 aliphatic carbocycles. The van der Waals surface area contributed by atoms with Crippen molar-refractivity contribution in [1.29, 1.82) is 0 Å². The molecule has 0 saturated carbocycles. The molecule has 2 rings (SSSR count). The molecule has 0 aromatic carbocycles. The third kappa shape index (κ3) is 2.62. The Morgan fingerprint density at radius 1 is 1.69 bits per heavy atom.